The molecule has 3 aromatic carbocycles. The Bertz CT molecular complexity index is 1150. The second-order valence-electron chi connectivity index (χ2n) is 7.65. The molecule has 7 nitrogen and oxygen atoms in total. The highest BCUT2D eigenvalue weighted by molar-refractivity contribution is 6.01. The lowest BCUT2D eigenvalue weighted by Crippen LogP contribution is -2.44. The van der Waals surface area contributed by atoms with Crippen LogP contribution in [0.5, 0.6) is 23.0 Å². The summed E-state index contributed by atoms with van der Waals surface area (Å²) >= 11 is 0. The van der Waals surface area contributed by atoms with E-state index in [0.29, 0.717) is 35.8 Å². The molecule has 0 aromatic heterocycles. The van der Waals surface area contributed by atoms with Crippen LogP contribution in [0.15, 0.2) is 60.7 Å². The number of hydrogen-bond donors (Lipinski definition) is 1. The number of methoxy groups -OCH3 is 2. The molecule has 7 heteroatoms. The highest BCUT2D eigenvalue weighted by Crippen LogP contribution is 2.45. The Morgan fingerprint density at radius 1 is 1.03 bits per heavy atom. The molecule has 2 aliphatic heterocycles. The highest BCUT2D eigenvalue weighted by atomic mass is 16.7. The second kappa shape index (κ2) is 8.34. The first-order valence-corrected chi connectivity index (χ1v) is 10.4. The fourth-order valence-electron chi connectivity index (χ4n) is 4.14. The number of para-hydroxylation sites is 1. The summed E-state index contributed by atoms with van der Waals surface area (Å²) in [6.45, 7) is 0.685. The maximum absolute atomic E-state index is 13.5. The third kappa shape index (κ3) is 3.56. The maximum atomic E-state index is 13.5. The molecule has 5 rings (SSSR count). The number of ether oxygens (including phenoxy) is 4. The van der Waals surface area contributed by atoms with Crippen LogP contribution in [0.4, 0.5) is 5.69 Å². The number of rotatable bonds is 6. The number of benzene rings is 3. The van der Waals surface area contributed by atoms with Gasteiger partial charge in [0.15, 0.2) is 11.5 Å². The van der Waals surface area contributed by atoms with Gasteiger partial charge in [-0.2, -0.15) is 0 Å². The van der Waals surface area contributed by atoms with Crippen LogP contribution in [0.2, 0.25) is 0 Å². The minimum atomic E-state index is -0.376. The van der Waals surface area contributed by atoms with Crippen LogP contribution in [-0.2, 0) is 6.42 Å². The van der Waals surface area contributed by atoms with Crippen LogP contribution in [0.1, 0.15) is 27.7 Å². The van der Waals surface area contributed by atoms with E-state index in [1.807, 2.05) is 65.6 Å². The Hall–Kier alpha value is -3.87. The Morgan fingerprint density at radius 3 is 2.62 bits per heavy atom. The lowest BCUT2D eigenvalue weighted by atomic mass is 10.0. The van der Waals surface area contributed by atoms with Crippen molar-refractivity contribution in [3.63, 3.8) is 0 Å². The zero-order valence-corrected chi connectivity index (χ0v) is 18.0. The van der Waals surface area contributed by atoms with E-state index in [4.69, 9.17) is 18.9 Å². The molecule has 0 fully saturated rings. The molecule has 0 radical (unpaired) electrons. The van der Waals surface area contributed by atoms with Crippen LogP contribution >= 0.6 is 0 Å². The molecule has 0 spiro atoms. The van der Waals surface area contributed by atoms with E-state index in [9.17, 15) is 4.79 Å². The molecule has 32 heavy (non-hydrogen) atoms. The van der Waals surface area contributed by atoms with E-state index in [0.717, 1.165) is 22.6 Å². The quantitative estimate of drug-likeness (QED) is 0.628. The predicted molar refractivity (Wildman–Crippen MR) is 120 cm³/mol. The van der Waals surface area contributed by atoms with Crippen molar-refractivity contribution in [2.75, 3.05) is 32.9 Å². The average Bonchev–Trinajstić information content (AvgIpc) is 3.32. The van der Waals surface area contributed by atoms with Crippen molar-refractivity contribution in [3.05, 3.63) is 77.4 Å². The standard InChI is InChI=1S/C25H24N2O5/c1-29-18-9-7-16(8-10-18)11-12-27-24(26-20-6-4-3-5-19(20)25(27)28)17-13-21(30-2)23-22(14-17)31-15-32-23/h3-10,13-14,24,26H,11-12,15H2,1-2H3/t24-/m0/s1. The molecule has 164 valence electrons. The number of anilines is 1. The van der Waals surface area contributed by atoms with E-state index in [2.05, 4.69) is 5.32 Å². The molecular weight excluding hydrogens is 408 g/mol. The molecule has 0 saturated heterocycles. The SMILES string of the molecule is COc1ccc(CCN2C(=O)c3ccccc3N[C@@H]2c2cc(OC)c3c(c2)OCO3)cc1. The molecule has 0 saturated carbocycles. The number of hydrogen-bond acceptors (Lipinski definition) is 6. The average molecular weight is 432 g/mol. The van der Waals surface area contributed by atoms with Crippen molar-refractivity contribution in [2.45, 2.75) is 12.6 Å². The summed E-state index contributed by atoms with van der Waals surface area (Å²) in [5.74, 6) is 2.57. The first-order chi connectivity index (χ1) is 15.7. The molecule has 2 aliphatic rings. The Labute approximate surface area is 186 Å². The van der Waals surface area contributed by atoms with Gasteiger partial charge in [0.2, 0.25) is 12.5 Å². The molecule has 1 atom stereocenters. The van der Waals surface area contributed by atoms with Crippen molar-refractivity contribution < 1.29 is 23.7 Å². The number of carbonyl (C=O) groups excluding carboxylic acids is 1. The summed E-state index contributed by atoms with van der Waals surface area (Å²) in [5.41, 5.74) is 3.45. The van der Waals surface area contributed by atoms with Gasteiger partial charge in [-0.15, -0.1) is 0 Å². The molecule has 2 heterocycles. The monoisotopic (exact) mass is 432 g/mol. The third-order valence-electron chi connectivity index (χ3n) is 5.82. The normalized spacial score (nSPS) is 16.4. The van der Waals surface area contributed by atoms with Gasteiger partial charge in [-0.3, -0.25) is 4.79 Å². The summed E-state index contributed by atoms with van der Waals surface area (Å²) in [6.07, 6.45) is 0.330. The van der Waals surface area contributed by atoms with Gasteiger partial charge in [0.05, 0.1) is 19.8 Å². The van der Waals surface area contributed by atoms with E-state index < -0.39 is 0 Å². The fraction of sp³-hybridized carbons (Fsp3) is 0.240. The molecule has 1 N–H and O–H groups in total. The van der Waals surface area contributed by atoms with Crippen molar-refractivity contribution in [3.8, 4) is 23.0 Å². The van der Waals surface area contributed by atoms with Crippen molar-refractivity contribution in [2.24, 2.45) is 0 Å². The van der Waals surface area contributed by atoms with Crippen molar-refractivity contribution in [1.29, 1.82) is 0 Å². The minimum Gasteiger partial charge on any atom is -0.497 e. The smallest absolute Gasteiger partial charge is 0.257 e. The van der Waals surface area contributed by atoms with Crippen molar-refractivity contribution >= 4 is 11.6 Å². The van der Waals surface area contributed by atoms with Gasteiger partial charge in [-0.25, -0.2) is 0 Å². The largest absolute Gasteiger partial charge is 0.497 e. The van der Waals surface area contributed by atoms with Crippen molar-refractivity contribution in [1.82, 2.24) is 4.90 Å². The molecule has 3 aromatic rings. The van der Waals surface area contributed by atoms with Crippen LogP contribution in [0.3, 0.4) is 0 Å². The van der Waals surface area contributed by atoms with Gasteiger partial charge in [0.25, 0.3) is 5.91 Å². The van der Waals surface area contributed by atoms with Crippen LogP contribution in [0.25, 0.3) is 0 Å². The maximum Gasteiger partial charge on any atom is 0.257 e. The molecular formula is C25H24N2O5. The first kappa shape index (κ1) is 20.1. The summed E-state index contributed by atoms with van der Waals surface area (Å²) < 4.78 is 21.9. The fourth-order valence-corrected chi connectivity index (χ4v) is 4.14. The highest BCUT2D eigenvalue weighted by Gasteiger charge is 2.34. The molecule has 1 amide bonds. The van der Waals surface area contributed by atoms with E-state index in [-0.39, 0.29) is 18.9 Å². The Kier molecular flexibility index (Phi) is 5.23. The number of nitrogens with zero attached hydrogens (tertiary/aromatic N) is 1. The van der Waals surface area contributed by atoms with Crippen LogP contribution in [0, 0.1) is 0 Å². The van der Waals surface area contributed by atoms with Gasteiger partial charge in [0, 0.05) is 17.8 Å². The van der Waals surface area contributed by atoms with Gasteiger partial charge in [-0.05, 0) is 48.4 Å². The summed E-state index contributed by atoms with van der Waals surface area (Å²) in [6, 6.07) is 19.3. The van der Waals surface area contributed by atoms with Gasteiger partial charge < -0.3 is 29.2 Å². The second-order valence-corrected chi connectivity index (χ2v) is 7.65. The zero-order chi connectivity index (χ0) is 22.1. The molecule has 0 bridgehead atoms. The number of amides is 1. The minimum absolute atomic E-state index is 0.0190. The predicted octanol–water partition coefficient (Wildman–Crippen LogP) is 4.24. The van der Waals surface area contributed by atoms with Gasteiger partial charge in [-0.1, -0.05) is 24.3 Å². The van der Waals surface area contributed by atoms with E-state index in [1.165, 1.54) is 0 Å². The van der Waals surface area contributed by atoms with E-state index >= 15 is 0 Å². The third-order valence-corrected chi connectivity index (χ3v) is 5.82. The first-order valence-electron chi connectivity index (χ1n) is 10.4. The number of fused-ring (bicyclic) bond motifs is 2. The van der Waals surface area contributed by atoms with E-state index in [1.54, 1.807) is 14.2 Å². The Morgan fingerprint density at radius 2 is 1.84 bits per heavy atom. The lowest BCUT2D eigenvalue weighted by molar-refractivity contribution is 0.0685. The molecule has 0 unspecified atom stereocenters. The van der Waals surface area contributed by atoms with Gasteiger partial charge >= 0.3 is 0 Å². The summed E-state index contributed by atoms with van der Waals surface area (Å²) in [7, 11) is 3.24. The summed E-state index contributed by atoms with van der Waals surface area (Å²) in [5, 5.41) is 3.52. The number of carbonyl (C=O) groups is 1. The lowest BCUT2D eigenvalue weighted by Gasteiger charge is -2.38. The topological polar surface area (TPSA) is 69.3 Å². The Balaban J connectivity index is 1.49. The number of nitrogens with one attached hydrogen (secondary N) is 1. The summed E-state index contributed by atoms with van der Waals surface area (Å²) in [4.78, 5) is 15.3. The molecule has 0 aliphatic carbocycles. The van der Waals surface area contributed by atoms with Crippen LogP contribution in [-0.4, -0.2) is 38.4 Å². The zero-order valence-electron chi connectivity index (χ0n) is 18.0. The van der Waals surface area contributed by atoms with Crippen LogP contribution < -0.4 is 24.3 Å². The van der Waals surface area contributed by atoms with Gasteiger partial charge in [0.1, 0.15) is 11.9 Å².